The van der Waals surface area contributed by atoms with E-state index < -0.39 is 6.17 Å². The lowest BCUT2D eigenvalue weighted by molar-refractivity contribution is 0.354. The van der Waals surface area contributed by atoms with Crippen LogP contribution in [0.25, 0.3) is 0 Å². The SMILES string of the molecule is COc1cc(SCCC(C)F)c(OC)cc1CCN. The summed E-state index contributed by atoms with van der Waals surface area (Å²) in [6.45, 7) is 2.13. The van der Waals surface area contributed by atoms with Crippen LogP contribution in [-0.4, -0.2) is 32.7 Å². The number of halogens is 1. The summed E-state index contributed by atoms with van der Waals surface area (Å²) in [5.74, 6) is 2.32. The summed E-state index contributed by atoms with van der Waals surface area (Å²) in [7, 11) is 3.27. The van der Waals surface area contributed by atoms with Gasteiger partial charge in [0, 0.05) is 5.75 Å². The summed E-state index contributed by atoms with van der Waals surface area (Å²) < 4.78 is 23.6. The van der Waals surface area contributed by atoms with E-state index in [0.29, 0.717) is 18.7 Å². The van der Waals surface area contributed by atoms with Gasteiger partial charge >= 0.3 is 0 Å². The fourth-order valence-corrected chi connectivity index (χ4v) is 2.87. The molecule has 1 rings (SSSR count). The summed E-state index contributed by atoms with van der Waals surface area (Å²) in [6, 6.07) is 3.89. The molecular weight excluding hydrogens is 265 g/mol. The Labute approximate surface area is 118 Å². The third kappa shape index (κ3) is 4.91. The van der Waals surface area contributed by atoms with E-state index in [-0.39, 0.29) is 0 Å². The van der Waals surface area contributed by atoms with Gasteiger partial charge in [-0.15, -0.1) is 11.8 Å². The maximum atomic E-state index is 12.8. The van der Waals surface area contributed by atoms with Gasteiger partial charge in [-0.05, 0) is 44.0 Å². The Balaban J connectivity index is 2.89. The molecule has 0 aliphatic carbocycles. The Morgan fingerprint density at radius 3 is 2.47 bits per heavy atom. The predicted octanol–water partition coefficient (Wildman–Crippen LogP) is 3.05. The number of ether oxygens (including phenoxy) is 2. The van der Waals surface area contributed by atoms with Crippen LogP contribution in [0.2, 0.25) is 0 Å². The predicted molar refractivity (Wildman–Crippen MR) is 78.2 cm³/mol. The number of alkyl halides is 1. The van der Waals surface area contributed by atoms with Crippen molar-refractivity contribution < 1.29 is 13.9 Å². The molecule has 1 aromatic carbocycles. The molecule has 1 unspecified atom stereocenters. The normalized spacial score (nSPS) is 12.3. The maximum absolute atomic E-state index is 12.8. The number of nitrogens with two attached hydrogens (primary N) is 1. The van der Waals surface area contributed by atoms with Crippen LogP contribution in [0.4, 0.5) is 4.39 Å². The van der Waals surface area contributed by atoms with Gasteiger partial charge in [-0.2, -0.15) is 0 Å². The summed E-state index contributed by atoms with van der Waals surface area (Å²) in [6.07, 6.45) is 0.490. The molecule has 0 heterocycles. The summed E-state index contributed by atoms with van der Waals surface area (Å²) in [5.41, 5.74) is 6.62. The highest BCUT2D eigenvalue weighted by Gasteiger charge is 2.11. The van der Waals surface area contributed by atoms with Gasteiger partial charge in [-0.25, -0.2) is 4.39 Å². The third-order valence-corrected chi connectivity index (χ3v) is 3.82. The number of thioether (sulfide) groups is 1. The first-order valence-electron chi connectivity index (χ1n) is 6.34. The van der Waals surface area contributed by atoms with Gasteiger partial charge in [0.1, 0.15) is 11.5 Å². The Hall–Kier alpha value is -0.940. The first-order valence-corrected chi connectivity index (χ1v) is 7.32. The zero-order chi connectivity index (χ0) is 14.3. The number of hydrogen-bond acceptors (Lipinski definition) is 4. The van der Waals surface area contributed by atoms with Gasteiger partial charge < -0.3 is 15.2 Å². The summed E-state index contributed by atoms with van der Waals surface area (Å²) in [5, 5.41) is 0. The highest BCUT2D eigenvalue weighted by Crippen LogP contribution is 2.36. The Bertz CT molecular complexity index is 399. The minimum absolute atomic E-state index is 0.528. The molecule has 0 saturated heterocycles. The van der Waals surface area contributed by atoms with Crippen molar-refractivity contribution >= 4 is 11.8 Å². The van der Waals surface area contributed by atoms with Crippen LogP contribution in [-0.2, 0) is 6.42 Å². The van der Waals surface area contributed by atoms with Gasteiger partial charge in [0.15, 0.2) is 0 Å². The molecule has 0 radical (unpaired) electrons. The second kappa shape index (κ2) is 8.27. The zero-order valence-corrected chi connectivity index (χ0v) is 12.6. The minimum Gasteiger partial charge on any atom is -0.496 e. The zero-order valence-electron chi connectivity index (χ0n) is 11.7. The Morgan fingerprint density at radius 2 is 1.95 bits per heavy atom. The molecule has 0 saturated carbocycles. The Morgan fingerprint density at radius 1 is 1.26 bits per heavy atom. The number of rotatable bonds is 8. The van der Waals surface area contributed by atoms with E-state index >= 15 is 0 Å². The molecule has 3 nitrogen and oxygen atoms in total. The lowest BCUT2D eigenvalue weighted by atomic mass is 10.1. The number of methoxy groups -OCH3 is 2. The van der Waals surface area contributed by atoms with Crippen molar-refractivity contribution in [1.29, 1.82) is 0 Å². The van der Waals surface area contributed by atoms with Crippen molar-refractivity contribution in [3.8, 4) is 11.5 Å². The summed E-state index contributed by atoms with van der Waals surface area (Å²) in [4.78, 5) is 0.973. The molecule has 108 valence electrons. The van der Waals surface area contributed by atoms with Crippen LogP contribution in [0.1, 0.15) is 18.9 Å². The van der Waals surface area contributed by atoms with Gasteiger partial charge in [-0.1, -0.05) is 0 Å². The van der Waals surface area contributed by atoms with E-state index in [4.69, 9.17) is 15.2 Å². The van der Waals surface area contributed by atoms with Gasteiger partial charge in [0.05, 0.1) is 25.3 Å². The second-order valence-electron chi connectivity index (χ2n) is 4.27. The summed E-state index contributed by atoms with van der Waals surface area (Å²) >= 11 is 1.58. The molecule has 0 fully saturated rings. The topological polar surface area (TPSA) is 44.5 Å². The van der Waals surface area contributed by atoms with Crippen molar-refractivity contribution in [3.63, 3.8) is 0 Å². The van der Waals surface area contributed by atoms with Crippen molar-refractivity contribution in [1.82, 2.24) is 0 Å². The number of benzene rings is 1. The number of hydrogen-bond donors (Lipinski definition) is 1. The molecule has 5 heteroatoms. The molecular formula is C14H22FNO2S. The van der Waals surface area contributed by atoms with E-state index in [1.807, 2.05) is 12.1 Å². The first kappa shape index (κ1) is 16.1. The van der Waals surface area contributed by atoms with Crippen molar-refractivity contribution in [2.45, 2.75) is 30.8 Å². The molecule has 0 aliphatic rings. The second-order valence-corrected chi connectivity index (χ2v) is 5.41. The van der Waals surface area contributed by atoms with Crippen LogP contribution in [0.3, 0.4) is 0 Å². The maximum Gasteiger partial charge on any atom is 0.132 e. The van der Waals surface area contributed by atoms with Gasteiger partial charge in [0.25, 0.3) is 0 Å². The smallest absolute Gasteiger partial charge is 0.132 e. The first-order chi connectivity index (χ1) is 9.12. The molecule has 0 amide bonds. The molecule has 19 heavy (non-hydrogen) atoms. The lowest BCUT2D eigenvalue weighted by Gasteiger charge is -2.14. The van der Waals surface area contributed by atoms with Crippen LogP contribution in [0, 0.1) is 0 Å². The fraction of sp³-hybridized carbons (Fsp3) is 0.571. The molecule has 0 bridgehead atoms. The van der Waals surface area contributed by atoms with Crippen molar-refractivity contribution in [3.05, 3.63) is 17.7 Å². The van der Waals surface area contributed by atoms with E-state index in [1.165, 1.54) is 0 Å². The molecule has 2 N–H and O–H groups in total. The molecule has 1 atom stereocenters. The van der Waals surface area contributed by atoms with E-state index in [0.717, 1.165) is 28.4 Å². The fourth-order valence-electron chi connectivity index (χ4n) is 1.73. The van der Waals surface area contributed by atoms with E-state index in [9.17, 15) is 4.39 Å². The monoisotopic (exact) mass is 287 g/mol. The minimum atomic E-state index is -0.781. The molecule has 0 spiro atoms. The molecule has 0 aliphatic heterocycles. The average Bonchev–Trinajstić information content (AvgIpc) is 2.39. The molecule has 0 aromatic heterocycles. The highest BCUT2D eigenvalue weighted by atomic mass is 32.2. The van der Waals surface area contributed by atoms with Crippen molar-refractivity contribution in [2.75, 3.05) is 26.5 Å². The van der Waals surface area contributed by atoms with Gasteiger partial charge in [0.2, 0.25) is 0 Å². The highest BCUT2D eigenvalue weighted by molar-refractivity contribution is 7.99. The van der Waals surface area contributed by atoms with Crippen LogP contribution in [0.5, 0.6) is 11.5 Å². The lowest BCUT2D eigenvalue weighted by Crippen LogP contribution is -2.05. The third-order valence-electron chi connectivity index (χ3n) is 2.75. The van der Waals surface area contributed by atoms with E-state index in [1.54, 1.807) is 32.9 Å². The average molecular weight is 287 g/mol. The van der Waals surface area contributed by atoms with Crippen LogP contribution < -0.4 is 15.2 Å². The van der Waals surface area contributed by atoms with E-state index in [2.05, 4.69) is 0 Å². The van der Waals surface area contributed by atoms with Crippen LogP contribution >= 0.6 is 11.8 Å². The van der Waals surface area contributed by atoms with Gasteiger partial charge in [-0.3, -0.25) is 0 Å². The van der Waals surface area contributed by atoms with Crippen molar-refractivity contribution in [2.24, 2.45) is 5.73 Å². The quantitative estimate of drug-likeness (QED) is 0.746. The largest absolute Gasteiger partial charge is 0.496 e. The Kier molecular flexibility index (Phi) is 7.02. The van der Waals surface area contributed by atoms with Crippen LogP contribution in [0.15, 0.2) is 17.0 Å². The molecule has 1 aromatic rings. The standard InChI is InChI=1S/C14H22FNO2S/c1-10(15)5-7-19-14-9-12(17-2)11(4-6-16)8-13(14)18-3/h8-10H,4-7,16H2,1-3H3.